The Labute approximate surface area is 157 Å². The van der Waals surface area contributed by atoms with E-state index in [1.54, 1.807) is 12.4 Å². The zero-order valence-corrected chi connectivity index (χ0v) is 15.0. The quantitative estimate of drug-likeness (QED) is 0.718. The SMILES string of the molecule is Cc1nc(N2CC3(CCN(c4cnc5cn[nH]c5n4)C3)C2)cc(C(F)(F)F)n1. The Hall–Kier alpha value is -2.98. The molecule has 0 bridgehead atoms. The summed E-state index contributed by atoms with van der Waals surface area (Å²) in [5.41, 5.74) is 0.492. The molecule has 8 nitrogen and oxygen atoms in total. The van der Waals surface area contributed by atoms with Gasteiger partial charge >= 0.3 is 6.18 Å². The molecule has 1 N–H and O–H groups in total. The predicted molar refractivity (Wildman–Crippen MR) is 94.9 cm³/mol. The van der Waals surface area contributed by atoms with E-state index in [2.05, 4.69) is 35.0 Å². The summed E-state index contributed by atoms with van der Waals surface area (Å²) in [5.74, 6) is 1.24. The minimum absolute atomic E-state index is 0.0296. The summed E-state index contributed by atoms with van der Waals surface area (Å²) in [6.45, 7) is 4.43. The van der Waals surface area contributed by atoms with Crippen molar-refractivity contribution in [1.29, 1.82) is 0 Å². The van der Waals surface area contributed by atoms with E-state index in [1.807, 2.05) is 4.90 Å². The fourth-order valence-corrected chi connectivity index (χ4v) is 4.05. The normalized spacial score (nSPS) is 18.9. The van der Waals surface area contributed by atoms with Gasteiger partial charge in [-0.3, -0.25) is 5.10 Å². The van der Waals surface area contributed by atoms with Crippen LogP contribution in [0.4, 0.5) is 24.8 Å². The number of aromatic nitrogens is 6. The number of hydrogen-bond donors (Lipinski definition) is 1. The first kappa shape index (κ1) is 17.1. The molecule has 28 heavy (non-hydrogen) atoms. The van der Waals surface area contributed by atoms with Gasteiger partial charge in [0.25, 0.3) is 0 Å². The van der Waals surface area contributed by atoms with Crippen molar-refractivity contribution >= 4 is 22.8 Å². The molecule has 0 aliphatic carbocycles. The highest BCUT2D eigenvalue weighted by molar-refractivity contribution is 5.70. The van der Waals surface area contributed by atoms with E-state index < -0.39 is 11.9 Å². The molecule has 0 aromatic carbocycles. The maximum atomic E-state index is 13.0. The number of H-pyrrole nitrogens is 1. The van der Waals surface area contributed by atoms with Crippen molar-refractivity contribution in [3.63, 3.8) is 0 Å². The fraction of sp³-hybridized carbons (Fsp3) is 0.471. The van der Waals surface area contributed by atoms with Crippen molar-refractivity contribution < 1.29 is 13.2 Å². The summed E-state index contributed by atoms with van der Waals surface area (Å²) < 4.78 is 39.1. The van der Waals surface area contributed by atoms with Gasteiger partial charge in [-0.1, -0.05) is 0 Å². The zero-order valence-electron chi connectivity index (χ0n) is 15.0. The summed E-state index contributed by atoms with van der Waals surface area (Å²) in [6.07, 6.45) is -0.168. The van der Waals surface area contributed by atoms with Gasteiger partial charge in [0.2, 0.25) is 0 Å². The van der Waals surface area contributed by atoms with Crippen LogP contribution in [0, 0.1) is 12.3 Å². The van der Waals surface area contributed by atoms with Gasteiger partial charge in [0.15, 0.2) is 5.65 Å². The standard InChI is InChI=1S/C17H17F3N8/c1-10-23-12(17(18,19)20)4-13(24-10)28-8-16(9-28)2-3-27(7-16)14-6-21-11-5-22-26-15(11)25-14/h4-6H,2-3,7-9H2,1H3,(H,22,25,26). The highest BCUT2D eigenvalue weighted by atomic mass is 19.4. The first-order valence-corrected chi connectivity index (χ1v) is 8.90. The molecular formula is C17H17F3N8. The molecule has 0 radical (unpaired) electrons. The molecule has 146 valence electrons. The highest BCUT2D eigenvalue weighted by Crippen LogP contribution is 2.43. The third kappa shape index (κ3) is 2.81. The number of aromatic amines is 1. The Morgan fingerprint density at radius 2 is 1.82 bits per heavy atom. The lowest BCUT2D eigenvalue weighted by Gasteiger charge is -2.48. The van der Waals surface area contributed by atoms with E-state index in [-0.39, 0.29) is 11.2 Å². The molecule has 0 amide bonds. The molecule has 0 unspecified atom stereocenters. The van der Waals surface area contributed by atoms with Crippen LogP contribution in [0.1, 0.15) is 17.9 Å². The van der Waals surface area contributed by atoms with Gasteiger partial charge in [-0.2, -0.15) is 18.3 Å². The van der Waals surface area contributed by atoms with Crippen LogP contribution in [0.2, 0.25) is 0 Å². The van der Waals surface area contributed by atoms with E-state index in [0.29, 0.717) is 30.1 Å². The number of nitrogens with zero attached hydrogens (tertiary/aromatic N) is 7. The van der Waals surface area contributed by atoms with Crippen molar-refractivity contribution in [3.8, 4) is 0 Å². The van der Waals surface area contributed by atoms with Gasteiger partial charge in [-0.25, -0.2) is 19.9 Å². The lowest BCUT2D eigenvalue weighted by molar-refractivity contribution is -0.141. The monoisotopic (exact) mass is 390 g/mol. The lowest BCUT2D eigenvalue weighted by Crippen LogP contribution is -2.58. The van der Waals surface area contributed by atoms with Crippen LogP contribution < -0.4 is 9.80 Å². The molecular weight excluding hydrogens is 373 g/mol. The summed E-state index contributed by atoms with van der Waals surface area (Å²) in [7, 11) is 0. The highest BCUT2D eigenvalue weighted by Gasteiger charge is 2.49. The van der Waals surface area contributed by atoms with Gasteiger partial charge in [-0.15, -0.1) is 0 Å². The maximum absolute atomic E-state index is 13.0. The second-order valence-electron chi connectivity index (χ2n) is 7.52. The van der Waals surface area contributed by atoms with Crippen LogP contribution in [0.15, 0.2) is 18.5 Å². The Morgan fingerprint density at radius 1 is 1.04 bits per heavy atom. The Kier molecular flexibility index (Phi) is 3.52. The third-order valence-corrected chi connectivity index (χ3v) is 5.40. The minimum Gasteiger partial charge on any atom is -0.355 e. The smallest absolute Gasteiger partial charge is 0.355 e. The van der Waals surface area contributed by atoms with Gasteiger partial charge in [0, 0.05) is 37.7 Å². The molecule has 3 aromatic heterocycles. The van der Waals surface area contributed by atoms with Crippen molar-refractivity contribution in [2.45, 2.75) is 19.5 Å². The molecule has 5 heterocycles. The average Bonchev–Trinajstić information content (AvgIpc) is 3.25. The largest absolute Gasteiger partial charge is 0.433 e. The maximum Gasteiger partial charge on any atom is 0.433 e. The molecule has 2 fully saturated rings. The van der Waals surface area contributed by atoms with E-state index in [0.717, 1.165) is 31.4 Å². The number of halogens is 3. The Morgan fingerprint density at radius 3 is 2.61 bits per heavy atom. The fourth-order valence-electron chi connectivity index (χ4n) is 4.05. The van der Waals surface area contributed by atoms with Gasteiger partial charge in [0.1, 0.15) is 28.7 Å². The van der Waals surface area contributed by atoms with Gasteiger partial charge in [-0.05, 0) is 13.3 Å². The van der Waals surface area contributed by atoms with Crippen LogP contribution in [0.25, 0.3) is 11.2 Å². The van der Waals surface area contributed by atoms with Crippen molar-refractivity contribution in [3.05, 3.63) is 30.0 Å². The topological polar surface area (TPSA) is 86.7 Å². The number of alkyl halides is 3. The van der Waals surface area contributed by atoms with E-state index in [9.17, 15) is 13.2 Å². The second kappa shape index (κ2) is 5.76. The first-order valence-electron chi connectivity index (χ1n) is 8.90. The van der Waals surface area contributed by atoms with Crippen LogP contribution in [0.5, 0.6) is 0 Å². The predicted octanol–water partition coefficient (Wildman–Crippen LogP) is 2.19. The molecule has 1 spiro atoms. The van der Waals surface area contributed by atoms with E-state index in [4.69, 9.17) is 0 Å². The number of anilines is 2. The molecule has 5 rings (SSSR count). The first-order chi connectivity index (χ1) is 13.3. The van der Waals surface area contributed by atoms with Crippen LogP contribution in [0.3, 0.4) is 0 Å². The van der Waals surface area contributed by atoms with Crippen LogP contribution in [-0.4, -0.2) is 56.3 Å². The summed E-state index contributed by atoms with van der Waals surface area (Å²) in [4.78, 5) is 20.7. The molecule has 2 aliphatic heterocycles. The molecule has 11 heteroatoms. The summed E-state index contributed by atoms with van der Waals surface area (Å²) in [6, 6.07) is 1.03. The average molecular weight is 390 g/mol. The number of hydrogen-bond acceptors (Lipinski definition) is 7. The second-order valence-corrected chi connectivity index (χ2v) is 7.52. The van der Waals surface area contributed by atoms with E-state index in [1.165, 1.54) is 6.92 Å². The number of nitrogens with one attached hydrogen (secondary N) is 1. The van der Waals surface area contributed by atoms with Gasteiger partial charge < -0.3 is 9.80 Å². The molecule has 2 aliphatic rings. The number of rotatable bonds is 2. The zero-order chi connectivity index (χ0) is 19.5. The summed E-state index contributed by atoms with van der Waals surface area (Å²) >= 11 is 0. The van der Waals surface area contributed by atoms with Crippen molar-refractivity contribution in [1.82, 2.24) is 30.1 Å². The van der Waals surface area contributed by atoms with E-state index >= 15 is 0 Å². The summed E-state index contributed by atoms with van der Waals surface area (Å²) in [5, 5.41) is 6.75. The molecule has 3 aromatic rings. The number of fused-ring (bicyclic) bond motifs is 1. The van der Waals surface area contributed by atoms with Crippen LogP contribution >= 0.6 is 0 Å². The number of aryl methyl sites for hydroxylation is 1. The Bertz CT molecular complexity index is 1040. The van der Waals surface area contributed by atoms with Gasteiger partial charge in [0.05, 0.1) is 12.4 Å². The minimum atomic E-state index is -4.47. The molecule has 2 saturated heterocycles. The van der Waals surface area contributed by atoms with Crippen molar-refractivity contribution in [2.24, 2.45) is 5.41 Å². The third-order valence-electron chi connectivity index (χ3n) is 5.40. The molecule has 0 saturated carbocycles. The van der Waals surface area contributed by atoms with Crippen LogP contribution in [-0.2, 0) is 6.18 Å². The van der Waals surface area contributed by atoms with Crippen molar-refractivity contribution in [2.75, 3.05) is 36.0 Å². The molecule has 0 atom stereocenters. The Balaban J connectivity index is 1.31. The lowest BCUT2D eigenvalue weighted by atomic mass is 9.79.